The van der Waals surface area contributed by atoms with Crippen LogP contribution in [0.5, 0.6) is 5.75 Å². The molecule has 0 fully saturated rings. The molecule has 0 aliphatic heterocycles. The van der Waals surface area contributed by atoms with Gasteiger partial charge in [0.25, 0.3) is 0 Å². The molecule has 2 rings (SSSR count). The lowest BCUT2D eigenvalue weighted by Gasteiger charge is -1.98. The van der Waals surface area contributed by atoms with Crippen molar-refractivity contribution in [3.05, 3.63) is 35.9 Å². The fourth-order valence-electron chi connectivity index (χ4n) is 1.09. The second kappa shape index (κ2) is 2.42. The van der Waals surface area contributed by atoms with E-state index in [-0.39, 0.29) is 0 Å². The third-order valence-corrected chi connectivity index (χ3v) is 1.87. The number of rotatable bonds is 2. The van der Waals surface area contributed by atoms with Crippen molar-refractivity contribution in [2.45, 2.75) is 6.42 Å². The maximum Gasteiger partial charge on any atom is 0.118 e. The van der Waals surface area contributed by atoms with Gasteiger partial charge in [-0.25, -0.2) is 0 Å². The highest BCUT2D eigenvalue weighted by molar-refractivity contribution is 5.77. The van der Waals surface area contributed by atoms with Gasteiger partial charge in [-0.05, 0) is 29.7 Å². The summed E-state index contributed by atoms with van der Waals surface area (Å²) < 4.78 is 5.05. The number of ether oxygens (including phenoxy) is 1. The molecule has 1 aromatic carbocycles. The average Bonchev–Trinajstić information content (AvgIpc) is 2.87. The van der Waals surface area contributed by atoms with Crippen LogP contribution in [0.4, 0.5) is 0 Å². The molecule has 0 heterocycles. The fourth-order valence-corrected chi connectivity index (χ4v) is 1.09. The van der Waals surface area contributed by atoms with E-state index in [1.165, 1.54) is 11.1 Å². The highest BCUT2D eigenvalue weighted by Gasteiger charge is 2.08. The molecule has 0 atom stereocenters. The highest BCUT2D eigenvalue weighted by atomic mass is 16.5. The summed E-state index contributed by atoms with van der Waals surface area (Å²) in [6.45, 7) is 0. The zero-order valence-electron chi connectivity index (χ0n) is 6.50. The molecule has 56 valence electrons. The van der Waals surface area contributed by atoms with Gasteiger partial charge in [-0.2, -0.15) is 0 Å². The van der Waals surface area contributed by atoms with Crippen molar-refractivity contribution in [3.63, 3.8) is 0 Å². The molecular formula is C10H10O. The van der Waals surface area contributed by atoms with Crippen LogP contribution in [0, 0.1) is 0 Å². The first-order chi connectivity index (χ1) is 5.40. The van der Waals surface area contributed by atoms with Gasteiger partial charge in [0.15, 0.2) is 0 Å². The second-order valence-corrected chi connectivity index (χ2v) is 2.66. The monoisotopic (exact) mass is 146 g/mol. The van der Waals surface area contributed by atoms with Crippen LogP contribution >= 0.6 is 0 Å². The summed E-state index contributed by atoms with van der Waals surface area (Å²) >= 11 is 0. The number of hydrogen-bond donors (Lipinski definition) is 0. The lowest BCUT2D eigenvalue weighted by Crippen LogP contribution is -1.81. The van der Waals surface area contributed by atoms with Crippen molar-refractivity contribution in [2.24, 2.45) is 0 Å². The lowest BCUT2D eigenvalue weighted by molar-refractivity contribution is 0.415. The summed E-state index contributed by atoms with van der Waals surface area (Å²) in [5.74, 6) is 0.926. The van der Waals surface area contributed by atoms with E-state index in [2.05, 4.69) is 18.2 Å². The molecular weight excluding hydrogens is 136 g/mol. The molecule has 11 heavy (non-hydrogen) atoms. The van der Waals surface area contributed by atoms with Gasteiger partial charge in [0.2, 0.25) is 0 Å². The normalized spacial score (nSPS) is 14.1. The van der Waals surface area contributed by atoms with Gasteiger partial charge in [0.1, 0.15) is 5.75 Å². The Hall–Kier alpha value is -1.24. The van der Waals surface area contributed by atoms with Crippen LogP contribution in [-0.2, 0) is 0 Å². The van der Waals surface area contributed by atoms with Gasteiger partial charge in [-0.1, -0.05) is 18.2 Å². The van der Waals surface area contributed by atoms with Crippen LogP contribution in [0.1, 0.15) is 12.0 Å². The van der Waals surface area contributed by atoms with Crippen LogP contribution in [0.25, 0.3) is 5.57 Å². The topological polar surface area (TPSA) is 9.23 Å². The number of methoxy groups -OCH3 is 1. The van der Waals surface area contributed by atoms with Crippen LogP contribution in [0.2, 0.25) is 0 Å². The Morgan fingerprint density at radius 2 is 1.82 bits per heavy atom. The zero-order chi connectivity index (χ0) is 7.68. The number of hydrogen-bond acceptors (Lipinski definition) is 1. The van der Waals surface area contributed by atoms with Crippen LogP contribution in [0.3, 0.4) is 0 Å². The van der Waals surface area contributed by atoms with Crippen molar-refractivity contribution < 1.29 is 4.74 Å². The van der Waals surface area contributed by atoms with Crippen LogP contribution in [-0.4, -0.2) is 7.11 Å². The Bertz CT molecular complexity index is 282. The standard InChI is InChI=1S/C10H10O/c1-11-10-6-4-9(5-7-10)8-2-3-8/h2,4-7H,3H2,1H3. The number of allylic oxidation sites excluding steroid dienone is 2. The zero-order valence-corrected chi connectivity index (χ0v) is 6.50. The van der Waals surface area contributed by atoms with Crippen molar-refractivity contribution in [3.8, 4) is 5.75 Å². The molecule has 0 radical (unpaired) electrons. The van der Waals surface area contributed by atoms with E-state index in [0.717, 1.165) is 12.2 Å². The molecule has 0 saturated heterocycles. The predicted molar refractivity (Wildman–Crippen MR) is 45.6 cm³/mol. The molecule has 0 spiro atoms. The van der Waals surface area contributed by atoms with Crippen molar-refractivity contribution in [2.75, 3.05) is 7.11 Å². The Morgan fingerprint density at radius 1 is 1.18 bits per heavy atom. The molecule has 0 amide bonds. The van der Waals surface area contributed by atoms with Gasteiger partial charge in [-0.3, -0.25) is 0 Å². The predicted octanol–water partition coefficient (Wildman–Crippen LogP) is 2.48. The minimum atomic E-state index is 0.926. The van der Waals surface area contributed by atoms with E-state index in [1.54, 1.807) is 7.11 Å². The molecule has 1 aliphatic rings. The Morgan fingerprint density at radius 3 is 2.27 bits per heavy atom. The summed E-state index contributed by atoms with van der Waals surface area (Å²) in [7, 11) is 1.69. The fraction of sp³-hybridized carbons (Fsp3) is 0.200. The van der Waals surface area contributed by atoms with Gasteiger partial charge in [0.05, 0.1) is 7.11 Å². The van der Waals surface area contributed by atoms with E-state index < -0.39 is 0 Å². The van der Waals surface area contributed by atoms with Gasteiger partial charge >= 0.3 is 0 Å². The molecule has 0 unspecified atom stereocenters. The van der Waals surface area contributed by atoms with Crippen LogP contribution < -0.4 is 4.74 Å². The maximum atomic E-state index is 5.05. The van der Waals surface area contributed by atoms with E-state index in [9.17, 15) is 0 Å². The lowest BCUT2D eigenvalue weighted by atomic mass is 10.2. The summed E-state index contributed by atoms with van der Waals surface area (Å²) in [5, 5.41) is 0. The SMILES string of the molecule is COc1ccc(C2=CC2)cc1. The molecule has 0 bridgehead atoms. The van der Waals surface area contributed by atoms with Gasteiger partial charge < -0.3 is 4.74 Å². The van der Waals surface area contributed by atoms with Crippen LogP contribution in [0.15, 0.2) is 30.3 Å². The largest absolute Gasteiger partial charge is 0.497 e. The molecule has 0 N–H and O–H groups in total. The summed E-state index contributed by atoms with van der Waals surface area (Å²) in [5.41, 5.74) is 2.78. The molecule has 1 aliphatic carbocycles. The third kappa shape index (κ3) is 1.27. The molecule has 1 aromatic rings. The molecule has 0 aromatic heterocycles. The van der Waals surface area contributed by atoms with Gasteiger partial charge in [-0.15, -0.1) is 0 Å². The third-order valence-electron chi connectivity index (χ3n) is 1.87. The first kappa shape index (κ1) is 6.47. The number of benzene rings is 1. The summed E-state index contributed by atoms with van der Waals surface area (Å²) in [4.78, 5) is 0. The quantitative estimate of drug-likeness (QED) is 0.622. The smallest absolute Gasteiger partial charge is 0.118 e. The molecule has 1 nitrogen and oxygen atoms in total. The first-order valence-corrected chi connectivity index (χ1v) is 3.73. The summed E-state index contributed by atoms with van der Waals surface area (Å²) in [6, 6.07) is 8.18. The van der Waals surface area contributed by atoms with E-state index in [1.807, 2.05) is 12.1 Å². The maximum absolute atomic E-state index is 5.05. The van der Waals surface area contributed by atoms with Crippen molar-refractivity contribution >= 4 is 5.57 Å². The van der Waals surface area contributed by atoms with Crippen molar-refractivity contribution in [1.29, 1.82) is 0 Å². The average molecular weight is 146 g/mol. The minimum Gasteiger partial charge on any atom is -0.497 e. The van der Waals surface area contributed by atoms with E-state index in [0.29, 0.717) is 0 Å². The first-order valence-electron chi connectivity index (χ1n) is 3.73. The molecule has 1 heteroatoms. The second-order valence-electron chi connectivity index (χ2n) is 2.66. The summed E-state index contributed by atoms with van der Waals surface area (Å²) in [6.07, 6.45) is 3.38. The molecule has 0 saturated carbocycles. The highest BCUT2D eigenvalue weighted by Crippen LogP contribution is 2.31. The van der Waals surface area contributed by atoms with E-state index >= 15 is 0 Å². The Labute approximate surface area is 66.3 Å². The minimum absolute atomic E-state index is 0.926. The Kier molecular flexibility index (Phi) is 1.42. The Balaban J connectivity index is 2.26. The van der Waals surface area contributed by atoms with Crippen molar-refractivity contribution in [1.82, 2.24) is 0 Å². The van der Waals surface area contributed by atoms with Gasteiger partial charge in [0, 0.05) is 0 Å². The van der Waals surface area contributed by atoms with E-state index in [4.69, 9.17) is 4.74 Å².